The number of nitrogens with one attached hydrogen (secondary N) is 2. The molecule has 336 valence electrons. The van der Waals surface area contributed by atoms with Crippen LogP contribution in [0.3, 0.4) is 0 Å². The Morgan fingerprint density at radius 3 is 2.23 bits per heavy atom. The number of piperidine rings is 1. The Hall–Kier alpha value is -4.22. The van der Waals surface area contributed by atoms with Gasteiger partial charge in [0.15, 0.2) is 0 Å². The largest absolute Gasteiger partial charge is 0.496 e. The number of likely N-dealkylation sites (N-methyl/N-ethyl adjacent to an activating group) is 1. The summed E-state index contributed by atoms with van der Waals surface area (Å²) in [5.41, 5.74) is -3.57. The van der Waals surface area contributed by atoms with Crippen LogP contribution in [0.2, 0.25) is 0 Å². The van der Waals surface area contributed by atoms with Crippen molar-refractivity contribution in [3.63, 3.8) is 0 Å². The van der Waals surface area contributed by atoms with Crippen LogP contribution < -0.4 is 15.4 Å². The molecule has 6 aliphatic rings. The highest BCUT2D eigenvalue weighted by Crippen LogP contribution is 2.66. The number of carbonyl (C=O) groups is 6. The molecule has 3 aliphatic heterocycles. The van der Waals surface area contributed by atoms with E-state index in [1.165, 1.54) is 12.0 Å². The smallest absolute Gasteiger partial charge is 0.489 e. The van der Waals surface area contributed by atoms with Crippen LogP contribution in [0.1, 0.15) is 105 Å². The van der Waals surface area contributed by atoms with Gasteiger partial charge in [-0.3, -0.25) is 29.0 Å². The summed E-state index contributed by atoms with van der Waals surface area (Å²) >= 11 is 0. The zero-order chi connectivity index (χ0) is 44.9. The summed E-state index contributed by atoms with van der Waals surface area (Å²) < 4.78 is 31.1. The third-order valence-electron chi connectivity index (χ3n) is 14.2. The Kier molecular flexibility index (Phi) is 13.0. The summed E-state index contributed by atoms with van der Waals surface area (Å²) in [6.07, 6.45) is 2.27. The van der Waals surface area contributed by atoms with Gasteiger partial charge in [0.1, 0.15) is 35.0 Å². The highest BCUT2D eigenvalue weighted by atomic mass is 16.7. The van der Waals surface area contributed by atoms with Crippen molar-refractivity contribution >= 4 is 42.8 Å². The summed E-state index contributed by atoms with van der Waals surface area (Å²) in [5.74, 6) is -2.95. The number of carbonyl (C=O) groups excluding carboxylic acids is 6. The first kappa shape index (κ1) is 46.3. The van der Waals surface area contributed by atoms with E-state index in [1.807, 2.05) is 25.7 Å². The van der Waals surface area contributed by atoms with Crippen LogP contribution in [0, 0.1) is 28.6 Å². The lowest BCUT2D eigenvalue weighted by Gasteiger charge is -2.64. The van der Waals surface area contributed by atoms with Crippen LogP contribution in [-0.2, 0) is 38.0 Å². The fraction of sp³-hybridized carbons (Fsp3) is 0.727. The maximum Gasteiger partial charge on any atom is 0.489 e. The molecular weight excluding hydrogens is 785 g/mol. The molecule has 61 heavy (non-hydrogen) atoms. The zero-order valence-electron chi connectivity index (χ0n) is 37.9. The number of para-hydroxylation sites is 1. The molecule has 1 aromatic rings. The molecule has 1 unspecified atom stereocenters. The van der Waals surface area contributed by atoms with Crippen LogP contribution >= 0.6 is 0 Å². The van der Waals surface area contributed by atoms with Crippen molar-refractivity contribution in [2.75, 3.05) is 53.0 Å². The van der Waals surface area contributed by atoms with Gasteiger partial charge in [-0.2, -0.15) is 0 Å². The van der Waals surface area contributed by atoms with Crippen molar-refractivity contribution in [3.05, 3.63) is 29.8 Å². The molecule has 6 fully saturated rings. The predicted octanol–water partition coefficient (Wildman–Crippen LogP) is 3.84. The lowest BCUT2D eigenvalue weighted by atomic mass is 9.43. The molecule has 3 saturated heterocycles. The fourth-order valence-corrected chi connectivity index (χ4v) is 10.1. The Morgan fingerprint density at radius 2 is 1.62 bits per heavy atom. The number of esters is 2. The second-order valence-electron chi connectivity index (χ2n) is 20.3. The molecule has 2 bridgehead atoms. The number of piperazine rings is 1. The molecule has 1 aromatic carbocycles. The highest BCUT2D eigenvalue weighted by molar-refractivity contribution is 6.50. The number of rotatable bonds is 12. The summed E-state index contributed by atoms with van der Waals surface area (Å²) in [7, 11) is 0.380. The predicted molar refractivity (Wildman–Crippen MR) is 225 cm³/mol. The summed E-state index contributed by atoms with van der Waals surface area (Å²) in [4.78, 5) is 86.2. The molecule has 7 rings (SSSR count). The first-order valence-corrected chi connectivity index (χ1v) is 21.8. The number of imide groups is 1. The molecule has 5 amide bonds. The van der Waals surface area contributed by atoms with Gasteiger partial charge in [0.25, 0.3) is 0 Å². The number of nitrogens with zero attached hydrogens (tertiary/aromatic N) is 3. The second kappa shape index (κ2) is 17.2. The SMILES string of the molecule is CCN1CCN(C(=O)NC(C(=O)N[C@](COC(=O)c2ccccc2OC)(B2O[C@@H]3C[C@@H]4C[C@@H](C4(C)C)[C@]3(C)O2)C(C)(C)C)C2CCN(CC(=O)OC(C)(C)C)CC2)C(=O)C1=O. The number of benzene rings is 1. The number of ether oxygens (including phenoxy) is 3. The minimum atomic E-state index is -1.53. The molecule has 16 nitrogen and oxygen atoms in total. The summed E-state index contributed by atoms with van der Waals surface area (Å²) in [6, 6.07) is 4.61. The van der Waals surface area contributed by atoms with Crippen LogP contribution in [0.15, 0.2) is 24.3 Å². The normalized spacial score (nSPS) is 27.0. The van der Waals surface area contributed by atoms with Gasteiger partial charge in [-0.1, -0.05) is 46.8 Å². The molecule has 2 N–H and O–H groups in total. The van der Waals surface area contributed by atoms with E-state index in [4.69, 9.17) is 23.5 Å². The van der Waals surface area contributed by atoms with Gasteiger partial charge in [0.2, 0.25) is 5.91 Å². The lowest BCUT2D eigenvalue weighted by molar-refractivity contribution is -0.199. The topological polar surface area (TPSA) is 182 Å². The van der Waals surface area contributed by atoms with E-state index in [0.29, 0.717) is 44.1 Å². The number of likely N-dealkylation sites (tertiary alicyclic amines) is 1. The van der Waals surface area contributed by atoms with Gasteiger partial charge >= 0.3 is 36.9 Å². The number of hydrogen-bond donors (Lipinski definition) is 2. The monoisotopic (exact) mass is 851 g/mol. The van der Waals surface area contributed by atoms with E-state index < -0.39 is 70.9 Å². The summed E-state index contributed by atoms with van der Waals surface area (Å²) in [5, 5.41) is 6.10. The highest BCUT2D eigenvalue weighted by Gasteiger charge is 2.72. The van der Waals surface area contributed by atoms with Gasteiger partial charge in [0, 0.05) is 19.6 Å². The molecule has 3 saturated carbocycles. The maximum atomic E-state index is 15.3. The molecular formula is C44H66BN5O11. The van der Waals surface area contributed by atoms with E-state index in [0.717, 1.165) is 17.7 Å². The van der Waals surface area contributed by atoms with Gasteiger partial charge in [0.05, 0.1) is 25.4 Å². The number of hydrogen-bond acceptors (Lipinski definition) is 12. The Bertz CT molecular complexity index is 1870. The maximum absolute atomic E-state index is 15.3. The first-order valence-electron chi connectivity index (χ1n) is 21.8. The molecule has 3 heterocycles. The Labute approximate surface area is 360 Å². The molecule has 0 radical (unpaired) electrons. The minimum Gasteiger partial charge on any atom is -0.496 e. The van der Waals surface area contributed by atoms with E-state index in [9.17, 15) is 24.0 Å². The third-order valence-corrected chi connectivity index (χ3v) is 14.2. The lowest BCUT2D eigenvalue weighted by Crippen LogP contribution is -2.73. The van der Waals surface area contributed by atoms with Crippen molar-refractivity contribution in [1.29, 1.82) is 0 Å². The third kappa shape index (κ3) is 9.02. The quantitative estimate of drug-likeness (QED) is 0.177. The van der Waals surface area contributed by atoms with E-state index in [-0.39, 0.29) is 55.2 Å². The molecule has 6 atom stereocenters. The minimum absolute atomic E-state index is 0.0165. The van der Waals surface area contributed by atoms with Crippen molar-refractivity contribution < 1.29 is 52.3 Å². The van der Waals surface area contributed by atoms with Crippen molar-refractivity contribution in [1.82, 2.24) is 25.3 Å². The van der Waals surface area contributed by atoms with Crippen molar-refractivity contribution in [2.45, 2.75) is 124 Å². The van der Waals surface area contributed by atoms with Gasteiger partial charge < -0.3 is 39.1 Å². The van der Waals surface area contributed by atoms with Crippen LogP contribution in [0.5, 0.6) is 5.75 Å². The number of urea groups is 1. The van der Waals surface area contributed by atoms with Gasteiger partial charge in [-0.25, -0.2) is 9.59 Å². The molecule has 0 spiro atoms. The molecule has 0 aromatic heterocycles. The molecule has 17 heteroatoms. The number of methoxy groups -OCH3 is 1. The van der Waals surface area contributed by atoms with E-state index >= 15 is 4.79 Å². The first-order chi connectivity index (χ1) is 28.5. The van der Waals surface area contributed by atoms with Crippen molar-refractivity contribution in [3.8, 4) is 5.75 Å². The van der Waals surface area contributed by atoms with E-state index in [1.54, 1.807) is 52.0 Å². The average molecular weight is 852 g/mol. The Balaban J connectivity index is 1.33. The fourth-order valence-electron chi connectivity index (χ4n) is 10.1. The van der Waals surface area contributed by atoms with Gasteiger partial charge in [-0.15, -0.1) is 0 Å². The van der Waals surface area contributed by atoms with Crippen molar-refractivity contribution in [2.24, 2.45) is 28.6 Å². The van der Waals surface area contributed by atoms with E-state index in [2.05, 4.69) is 31.4 Å². The Morgan fingerprint density at radius 1 is 0.951 bits per heavy atom. The summed E-state index contributed by atoms with van der Waals surface area (Å²) in [6.45, 7) is 20.4. The standard InChI is InChI=1S/C44H66BN5O11/c1-12-49-21-22-50(37(54)36(49)53)39(56)46-34(27-17-19-48(20-18-27)25-33(51)59-41(5,6)7)35(52)47-44(40(2,3)4,26-58-38(55)29-15-13-14-16-30(29)57-11)45-60-32-24-28-23-31(42(28,8)9)43(32,10)61-45/h13-16,27-28,31-32,34H,12,17-26H2,1-11H3,(H,46,56)(H,47,52)/t28-,31-,32+,34?,43-,44-/m0/s1. The van der Waals surface area contributed by atoms with Gasteiger partial charge in [-0.05, 0) is 114 Å². The van der Waals surface area contributed by atoms with Crippen LogP contribution in [0.25, 0.3) is 0 Å². The zero-order valence-corrected chi connectivity index (χ0v) is 37.9. The molecule has 3 aliphatic carbocycles. The number of amides is 5. The average Bonchev–Trinajstić information content (AvgIpc) is 3.56. The second-order valence-corrected chi connectivity index (χ2v) is 20.3. The van der Waals surface area contributed by atoms with Crippen LogP contribution in [0.4, 0.5) is 4.79 Å². The van der Waals surface area contributed by atoms with Crippen LogP contribution in [-0.4, -0.2) is 139 Å².